The molecule has 1 N–H and O–H groups in total. The van der Waals surface area contributed by atoms with Gasteiger partial charge in [-0.3, -0.25) is 0 Å². The molecule has 0 bridgehead atoms. The van der Waals surface area contributed by atoms with E-state index in [1.807, 2.05) is 6.92 Å². The molecule has 0 aliphatic rings. The molecule has 0 spiro atoms. The van der Waals surface area contributed by atoms with Crippen molar-refractivity contribution in [1.29, 1.82) is 0 Å². The van der Waals surface area contributed by atoms with Crippen LogP contribution in [-0.2, 0) is 10.0 Å². The van der Waals surface area contributed by atoms with Gasteiger partial charge < -0.3 is 0 Å². The van der Waals surface area contributed by atoms with Gasteiger partial charge in [0.05, 0.1) is 4.90 Å². The van der Waals surface area contributed by atoms with Crippen molar-refractivity contribution in [2.24, 2.45) is 0 Å². The van der Waals surface area contributed by atoms with Crippen molar-refractivity contribution in [3.63, 3.8) is 0 Å². The van der Waals surface area contributed by atoms with Crippen molar-refractivity contribution < 1.29 is 8.42 Å². The smallest absolute Gasteiger partial charge is 0.207 e. The molecule has 1 aromatic rings. The minimum Gasteiger partial charge on any atom is -0.207 e. The van der Waals surface area contributed by atoms with E-state index in [0.717, 1.165) is 0 Å². The van der Waals surface area contributed by atoms with E-state index in [-0.39, 0.29) is 10.8 Å². The van der Waals surface area contributed by atoms with Crippen molar-refractivity contribution in [1.82, 2.24) is 4.72 Å². The fourth-order valence-electron chi connectivity index (χ4n) is 1.19. The van der Waals surface area contributed by atoms with E-state index in [9.17, 15) is 8.42 Å². The van der Waals surface area contributed by atoms with Crippen LogP contribution in [0, 0.1) is 0 Å². The monoisotopic (exact) mass is 295 g/mol. The molecule has 0 fully saturated rings. The zero-order chi connectivity index (χ0) is 13.1. The lowest BCUT2D eigenvalue weighted by atomic mass is 10.0. The second kappa shape index (κ2) is 5.57. The number of rotatable bonds is 5. The molecule has 0 amide bonds. The van der Waals surface area contributed by atoms with Gasteiger partial charge in [0.15, 0.2) is 0 Å². The van der Waals surface area contributed by atoms with E-state index in [4.69, 9.17) is 23.2 Å². The lowest BCUT2D eigenvalue weighted by Gasteiger charge is -2.26. The highest BCUT2D eigenvalue weighted by atomic mass is 35.5. The van der Waals surface area contributed by atoms with Crippen LogP contribution in [0.1, 0.15) is 20.3 Å². The van der Waals surface area contributed by atoms with Gasteiger partial charge in [-0.2, -0.15) is 0 Å². The summed E-state index contributed by atoms with van der Waals surface area (Å²) in [7, 11) is -3.55. The molecule has 6 heteroatoms. The Labute approximate surface area is 112 Å². The highest BCUT2D eigenvalue weighted by Crippen LogP contribution is 2.19. The SMILES string of the molecule is CCC(C)(CCl)NS(=O)(=O)c1ccc(Cl)cc1. The van der Waals surface area contributed by atoms with E-state index < -0.39 is 15.6 Å². The number of benzene rings is 1. The standard InChI is InChI=1S/C11H15Cl2NO2S/c1-3-11(2,8-12)14-17(15,16)10-6-4-9(13)5-7-10/h4-7,14H,3,8H2,1-2H3. The summed E-state index contributed by atoms with van der Waals surface area (Å²) in [6, 6.07) is 6.02. The highest BCUT2D eigenvalue weighted by molar-refractivity contribution is 7.89. The first kappa shape index (κ1) is 14.8. The van der Waals surface area contributed by atoms with Crippen LogP contribution in [0.3, 0.4) is 0 Å². The van der Waals surface area contributed by atoms with Crippen LogP contribution < -0.4 is 4.72 Å². The van der Waals surface area contributed by atoms with E-state index >= 15 is 0 Å². The normalized spacial score (nSPS) is 15.5. The largest absolute Gasteiger partial charge is 0.241 e. The second-order valence-corrected chi connectivity index (χ2v) is 6.49. The van der Waals surface area contributed by atoms with Gasteiger partial charge in [-0.05, 0) is 37.6 Å². The third kappa shape index (κ3) is 3.85. The number of halogens is 2. The maximum Gasteiger partial charge on any atom is 0.241 e. The summed E-state index contributed by atoms with van der Waals surface area (Å²) in [5, 5.41) is 0.500. The summed E-state index contributed by atoms with van der Waals surface area (Å²) in [5.41, 5.74) is -0.639. The van der Waals surface area contributed by atoms with E-state index in [0.29, 0.717) is 11.4 Å². The minimum atomic E-state index is -3.55. The zero-order valence-corrected chi connectivity index (χ0v) is 12.0. The molecule has 1 atom stereocenters. The topological polar surface area (TPSA) is 46.2 Å². The molecule has 0 saturated carbocycles. The first-order valence-electron chi connectivity index (χ1n) is 5.18. The van der Waals surface area contributed by atoms with E-state index in [1.165, 1.54) is 12.1 Å². The molecule has 3 nitrogen and oxygen atoms in total. The van der Waals surface area contributed by atoms with Crippen molar-refractivity contribution in [2.75, 3.05) is 5.88 Å². The minimum absolute atomic E-state index is 0.187. The molecule has 0 aliphatic carbocycles. The molecule has 17 heavy (non-hydrogen) atoms. The molecule has 1 aromatic carbocycles. The van der Waals surface area contributed by atoms with Gasteiger partial charge in [0.25, 0.3) is 0 Å². The van der Waals surface area contributed by atoms with Gasteiger partial charge >= 0.3 is 0 Å². The Hall–Kier alpha value is -0.290. The molecule has 1 rings (SSSR count). The van der Waals surface area contributed by atoms with E-state index in [2.05, 4.69) is 4.72 Å². The van der Waals surface area contributed by atoms with Crippen LogP contribution in [0.25, 0.3) is 0 Å². The summed E-state index contributed by atoms with van der Waals surface area (Å²) in [6.45, 7) is 3.65. The Morgan fingerprint density at radius 1 is 1.29 bits per heavy atom. The number of nitrogens with one attached hydrogen (secondary N) is 1. The third-order valence-electron chi connectivity index (χ3n) is 2.58. The number of sulfonamides is 1. The van der Waals surface area contributed by atoms with Gasteiger partial charge in [0.1, 0.15) is 0 Å². The van der Waals surface area contributed by atoms with Gasteiger partial charge in [-0.15, -0.1) is 11.6 Å². The number of alkyl halides is 1. The maximum absolute atomic E-state index is 12.1. The van der Waals surface area contributed by atoms with Crippen LogP contribution in [0.5, 0.6) is 0 Å². The average Bonchev–Trinajstić information content (AvgIpc) is 2.29. The van der Waals surface area contributed by atoms with Gasteiger partial charge in [-0.25, -0.2) is 13.1 Å². The number of hydrogen-bond donors (Lipinski definition) is 1. The molecule has 0 aromatic heterocycles. The van der Waals surface area contributed by atoms with Crippen LogP contribution in [0.15, 0.2) is 29.2 Å². The van der Waals surface area contributed by atoms with Gasteiger partial charge in [0.2, 0.25) is 10.0 Å². The molecular formula is C11H15Cl2NO2S. The Bertz CT molecular complexity index is 467. The Kier molecular flexibility index (Phi) is 4.84. The second-order valence-electron chi connectivity index (χ2n) is 4.11. The zero-order valence-electron chi connectivity index (χ0n) is 9.70. The predicted octanol–water partition coefficient (Wildman–Crippen LogP) is 3.03. The molecule has 0 aliphatic heterocycles. The van der Waals surface area contributed by atoms with Crippen LogP contribution in [0.4, 0.5) is 0 Å². The van der Waals surface area contributed by atoms with Crippen molar-refractivity contribution in [3.8, 4) is 0 Å². The van der Waals surface area contributed by atoms with Gasteiger partial charge in [-0.1, -0.05) is 18.5 Å². The number of hydrogen-bond acceptors (Lipinski definition) is 2. The summed E-state index contributed by atoms with van der Waals surface area (Å²) < 4.78 is 26.7. The Balaban J connectivity index is 3.00. The molecule has 0 saturated heterocycles. The third-order valence-corrected chi connectivity index (χ3v) is 5.08. The molecule has 0 radical (unpaired) electrons. The lowest BCUT2D eigenvalue weighted by Crippen LogP contribution is -2.46. The fraction of sp³-hybridized carbons (Fsp3) is 0.455. The summed E-state index contributed by atoms with van der Waals surface area (Å²) >= 11 is 11.5. The first-order chi connectivity index (χ1) is 7.83. The molecule has 0 heterocycles. The summed E-state index contributed by atoms with van der Waals surface area (Å²) in [5.74, 6) is 0.219. The predicted molar refractivity (Wildman–Crippen MR) is 71.2 cm³/mol. The average molecular weight is 296 g/mol. The Morgan fingerprint density at radius 2 is 1.82 bits per heavy atom. The maximum atomic E-state index is 12.1. The van der Waals surface area contributed by atoms with E-state index in [1.54, 1.807) is 19.1 Å². The summed E-state index contributed by atoms with van der Waals surface area (Å²) in [4.78, 5) is 0.187. The van der Waals surface area contributed by atoms with Crippen molar-refractivity contribution in [2.45, 2.75) is 30.7 Å². The quantitative estimate of drug-likeness (QED) is 0.849. The molecular weight excluding hydrogens is 281 g/mol. The van der Waals surface area contributed by atoms with Crippen molar-refractivity contribution >= 4 is 33.2 Å². The first-order valence-corrected chi connectivity index (χ1v) is 7.58. The van der Waals surface area contributed by atoms with Crippen LogP contribution >= 0.6 is 23.2 Å². The fourth-order valence-corrected chi connectivity index (χ4v) is 3.13. The molecule has 96 valence electrons. The van der Waals surface area contributed by atoms with Crippen LogP contribution in [0.2, 0.25) is 5.02 Å². The van der Waals surface area contributed by atoms with Crippen LogP contribution in [-0.4, -0.2) is 19.8 Å². The summed E-state index contributed by atoms with van der Waals surface area (Å²) in [6.07, 6.45) is 0.614. The van der Waals surface area contributed by atoms with Crippen molar-refractivity contribution in [3.05, 3.63) is 29.3 Å². The van der Waals surface area contributed by atoms with Gasteiger partial charge in [0, 0.05) is 16.4 Å². The highest BCUT2D eigenvalue weighted by Gasteiger charge is 2.28. The lowest BCUT2D eigenvalue weighted by molar-refractivity contribution is 0.444. The molecule has 1 unspecified atom stereocenters. The Morgan fingerprint density at radius 3 is 2.24 bits per heavy atom.